The van der Waals surface area contributed by atoms with Gasteiger partial charge in [0.1, 0.15) is 24.6 Å². The fourth-order valence-electron chi connectivity index (χ4n) is 2.44. The second-order valence-electron chi connectivity index (χ2n) is 6.15. The Hall–Kier alpha value is -2.58. The first-order valence-electron chi connectivity index (χ1n) is 8.29. The summed E-state index contributed by atoms with van der Waals surface area (Å²) in [6.45, 7) is -0.247. The number of hydrogen-bond acceptors (Lipinski definition) is 10. The van der Waals surface area contributed by atoms with Crippen molar-refractivity contribution in [2.24, 2.45) is 0 Å². The number of pyridine rings is 1. The number of anilines is 1. The highest BCUT2D eigenvalue weighted by atomic mass is 32.2. The highest BCUT2D eigenvalue weighted by Crippen LogP contribution is 2.21. The standard InChI is InChI=1S/C16H22N4O8S/c1-27-8-11(21)14(23)12(13(22)9-3-5-17-6-4-9)19-15(24)10-7-28-16(18-10)20-29(2,25)26/h3-7,11-14,21-23H,8H2,1-2H3,(H,18,20)(H,19,24). The van der Waals surface area contributed by atoms with Gasteiger partial charge in [0.15, 0.2) is 5.69 Å². The Morgan fingerprint density at radius 3 is 2.52 bits per heavy atom. The number of rotatable bonds is 10. The highest BCUT2D eigenvalue weighted by molar-refractivity contribution is 7.91. The van der Waals surface area contributed by atoms with E-state index in [0.29, 0.717) is 5.56 Å². The van der Waals surface area contributed by atoms with Crippen LogP contribution in [0.2, 0.25) is 0 Å². The third-order valence-electron chi connectivity index (χ3n) is 3.79. The molecule has 0 aliphatic heterocycles. The summed E-state index contributed by atoms with van der Waals surface area (Å²) in [5, 5.41) is 33.5. The van der Waals surface area contributed by atoms with Gasteiger partial charge in [0, 0.05) is 19.5 Å². The minimum atomic E-state index is -3.66. The molecule has 29 heavy (non-hydrogen) atoms. The minimum Gasteiger partial charge on any atom is -0.431 e. The van der Waals surface area contributed by atoms with Gasteiger partial charge < -0.3 is 29.8 Å². The topological polar surface area (TPSA) is 184 Å². The molecule has 160 valence electrons. The van der Waals surface area contributed by atoms with Crippen molar-refractivity contribution < 1.29 is 37.7 Å². The molecule has 2 aromatic rings. The van der Waals surface area contributed by atoms with Crippen molar-refractivity contribution in [3.05, 3.63) is 42.0 Å². The molecule has 12 nitrogen and oxygen atoms in total. The number of ether oxygens (including phenoxy) is 1. The largest absolute Gasteiger partial charge is 0.431 e. The Morgan fingerprint density at radius 1 is 1.28 bits per heavy atom. The molecule has 0 spiro atoms. The molecule has 5 N–H and O–H groups in total. The van der Waals surface area contributed by atoms with Gasteiger partial charge in [-0.3, -0.25) is 9.78 Å². The Morgan fingerprint density at radius 2 is 1.93 bits per heavy atom. The molecule has 2 rings (SSSR count). The van der Waals surface area contributed by atoms with Crippen LogP contribution in [0.15, 0.2) is 35.2 Å². The number of hydrogen-bond donors (Lipinski definition) is 5. The second kappa shape index (κ2) is 9.76. The molecular formula is C16H22N4O8S. The van der Waals surface area contributed by atoms with E-state index >= 15 is 0 Å². The predicted molar refractivity (Wildman–Crippen MR) is 99.3 cm³/mol. The first kappa shape index (κ1) is 22.7. The number of aliphatic hydroxyl groups excluding tert-OH is 3. The molecule has 1 amide bonds. The molecular weight excluding hydrogens is 408 g/mol. The van der Waals surface area contributed by atoms with Crippen molar-refractivity contribution in [1.82, 2.24) is 15.3 Å². The molecule has 4 atom stereocenters. The van der Waals surface area contributed by atoms with Gasteiger partial charge in [0.2, 0.25) is 10.0 Å². The normalized spacial score (nSPS) is 15.9. The van der Waals surface area contributed by atoms with E-state index in [2.05, 4.69) is 15.3 Å². The number of nitrogens with one attached hydrogen (secondary N) is 2. The van der Waals surface area contributed by atoms with Crippen LogP contribution in [-0.4, -0.2) is 77.8 Å². The van der Waals surface area contributed by atoms with Gasteiger partial charge in [-0.2, -0.15) is 4.98 Å². The van der Waals surface area contributed by atoms with Crippen LogP contribution < -0.4 is 10.0 Å². The summed E-state index contributed by atoms with van der Waals surface area (Å²) < 4.78 is 34.0. The van der Waals surface area contributed by atoms with Crippen LogP contribution in [-0.2, 0) is 14.8 Å². The lowest BCUT2D eigenvalue weighted by molar-refractivity contribution is -0.0633. The molecule has 0 aliphatic rings. The van der Waals surface area contributed by atoms with Crippen LogP contribution in [0.5, 0.6) is 0 Å². The summed E-state index contributed by atoms with van der Waals surface area (Å²) in [5.74, 6) is -0.878. The fourth-order valence-corrected chi connectivity index (χ4v) is 2.85. The van der Waals surface area contributed by atoms with E-state index in [4.69, 9.17) is 9.15 Å². The lowest BCUT2D eigenvalue weighted by Gasteiger charge is -2.31. The number of amides is 1. The molecule has 0 saturated carbocycles. The Balaban J connectivity index is 2.23. The number of carbonyl (C=O) groups excluding carboxylic acids is 1. The third-order valence-corrected chi connectivity index (χ3v) is 4.34. The Bertz CT molecular complexity index is 905. The zero-order chi connectivity index (χ0) is 21.6. The number of carbonyl (C=O) groups is 1. The average Bonchev–Trinajstić information content (AvgIpc) is 3.12. The van der Waals surface area contributed by atoms with Gasteiger partial charge in [-0.25, -0.2) is 13.1 Å². The molecule has 2 heterocycles. The monoisotopic (exact) mass is 430 g/mol. The van der Waals surface area contributed by atoms with Crippen LogP contribution in [0.4, 0.5) is 6.01 Å². The number of sulfonamides is 1. The van der Waals surface area contributed by atoms with Crippen LogP contribution in [0.1, 0.15) is 22.2 Å². The van der Waals surface area contributed by atoms with Crippen molar-refractivity contribution >= 4 is 21.9 Å². The van der Waals surface area contributed by atoms with Gasteiger partial charge in [-0.1, -0.05) is 0 Å². The summed E-state index contributed by atoms with van der Waals surface area (Å²) in [7, 11) is -2.35. The van der Waals surface area contributed by atoms with Gasteiger partial charge in [0.25, 0.3) is 5.91 Å². The average molecular weight is 430 g/mol. The quantitative estimate of drug-likeness (QED) is 0.302. The van der Waals surface area contributed by atoms with Crippen molar-refractivity contribution in [2.75, 3.05) is 24.7 Å². The molecule has 0 aromatic carbocycles. The summed E-state index contributed by atoms with van der Waals surface area (Å²) >= 11 is 0. The van der Waals surface area contributed by atoms with Crippen LogP contribution in [0, 0.1) is 0 Å². The van der Waals surface area contributed by atoms with E-state index in [1.807, 2.05) is 4.72 Å². The molecule has 0 aliphatic carbocycles. The highest BCUT2D eigenvalue weighted by Gasteiger charge is 2.35. The smallest absolute Gasteiger partial charge is 0.309 e. The number of aliphatic hydroxyl groups is 3. The van der Waals surface area contributed by atoms with E-state index < -0.39 is 46.3 Å². The maximum Gasteiger partial charge on any atom is 0.309 e. The van der Waals surface area contributed by atoms with Crippen molar-refractivity contribution in [3.63, 3.8) is 0 Å². The summed E-state index contributed by atoms with van der Waals surface area (Å²) in [4.78, 5) is 20.0. The number of methoxy groups -OCH3 is 1. The van der Waals surface area contributed by atoms with Crippen LogP contribution in [0.3, 0.4) is 0 Å². The first-order valence-corrected chi connectivity index (χ1v) is 10.2. The summed E-state index contributed by atoms with van der Waals surface area (Å²) in [6.07, 6.45) is 0.169. The van der Waals surface area contributed by atoms with Crippen molar-refractivity contribution in [3.8, 4) is 0 Å². The Kier molecular flexibility index (Phi) is 7.64. The second-order valence-corrected chi connectivity index (χ2v) is 7.90. The number of oxazole rings is 1. The first-order chi connectivity index (χ1) is 13.6. The lowest BCUT2D eigenvalue weighted by Crippen LogP contribution is -2.52. The summed E-state index contributed by atoms with van der Waals surface area (Å²) in [6, 6.07) is 1.16. The Labute approximate surface area is 166 Å². The minimum absolute atomic E-state index is 0.247. The van der Waals surface area contributed by atoms with E-state index in [-0.39, 0.29) is 12.3 Å². The number of nitrogens with zero attached hydrogens (tertiary/aromatic N) is 2. The molecule has 0 saturated heterocycles. The van der Waals surface area contributed by atoms with Crippen molar-refractivity contribution in [1.29, 1.82) is 0 Å². The van der Waals surface area contributed by atoms with Gasteiger partial charge in [0.05, 0.1) is 18.9 Å². The molecule has 13 heteroatoms. The fraction of sp³-hybridized carbons (Fsp3) is 0.438. The lowest BCUT2D eigenvalue weighted by atomic mass is 9.95. The maximum atomic E-state index is 12.5. The SMILES string of the molecule is COCC(O)C(O)C(NC(=O)c1coc(NS(C)(=O)=O)n1)C(O)c1ccncc1. The van der Waals surface area contributed by atoms with E-state index in [0.717, 1.165) is 12.5 Å². The van der Waals surface area contributed by atoms with Crippen LogP contribution in [0.25, 0.3) is 0 Å². The third kappa shape index (κ3) is 6.47. The zero-order valence-corrected chi connectivity index (χ0v) is 16.4. The van der Waals surface area contributed by atoms with Crippen molar-refractivity contribution in [2.45, 2.75) is 24.4 Å². The molecule has 0 fully saturated rings. The van der Waals surface area contributed by atoms with Gasteiger partial charge >= 0.3 is 6.01 Å². The molecule has 2 aromatic heterocycles. The predicted octanol–water partition coefficient (Wildman–Crippen LogP) is -1.36. The van der Waals surface area contributed by atoms with E-state index in [9.17, 15) is 28.5 Å². The zero-order valence-electron chi connectivity index (χ0n) is 15.6. The van der Waals surface area contributed by atoms with Gasteiger partial charge in [-0.15, -0.1) is 0 Å². The van der Waals surface area contributed by atoms with E-state index in [1.165, 1.54) is 31.6 Å². The molecule has 0 bridgehead atoms. The summed E-state index contributed by atoms with van der Waals surface area (Å²) in [5.41, 5.74) is 0.0186. The number of aromatic nitrogens is 2. The van der Waals surface area contributed by atoms with Gasteiger partial charge in [-0.05, 0) is 17.7 Å². The van der Waals surface area contributed by atoms with E-state index in [1.54, 1.807) is 0 Å². The molecule has 0 radical (unpaired) electrons. The maximum absolute atomic E-state index is 12.5. The van der Waals surface area contributed by atoms with Crippen LogP contribution >= 0.6 is 0 Å². The molecule has 4 unspecified atom stereocenters.